The van der Waals surface area contributed by atoms with Crippen LogP contribution in [0, 0.1) is 5.41 Å². The molecule has 1 N–H and O–H groups in total. The highest BCUT2D eigenvalue weighted by molar-refractivity contribution is 7.13. The number of likely N-dealkylation sites (tertiary alicyclic amines) is 1. The standard InChI is InChI=1S/C23H26N4O2S/c1-3-24-22(29)23(10-12-27(16-23)21(28)19-9-11-26(2)25-19)15-17-6-4-7-18(14-17)20-8-5-13-30-20/h4-9,11,13-14H,3,10,12,15-16H2,1-2H3,(H,24,29)/t23-/m1/s1. The minimum absolute atomic E-state index is 0.0165. The van der Waals surface area contributed by atoms with E-state index in [4.69, 9.17) is 0 Å². The number of thiophene rings is 1. The zero-order valence-electron chi connectivity index (χ0n) is 17.3. The SMILES string of the molecule is CCNC(=O)[C@@]1(Cc2cccc(-c3cccs3)c2)CCN(C(=O)c2ccn(C)n2)C1. The van der Waals surface area contributed by atoms with Crippen molar-refractivity contribution < 1.29 is 9.59 Å². The molecule has 1 aliphatic heterocycles. The van der Waals surface area contributed by atoms with Crippen LogP contribution in [0.4, 0.5) is 0 Å². The predicted octanol–water partition coefficient (Wildman–Crippen LogP) is 3.36. The van der Waals surface area contributed by atoms with Gasteiger partial charge >= 0.3 is 0 Å². The summed E-state index contributed by atoms with van der Waals surface area (Å²) in [5.41, 5.74) is 2.06. The summed E-state index contributed by atoms with van der Waals surface area (Å²) >= 11 is 1.70. The van der Waals surface area contributed by atoms with Crippen molar-refractivity contribution in [2.24, 2.45) is 12.5 Å². The third-order valence-electron chi connectivity index (χ3n) is 5.67. The number of aromatic nitrogens is 2. The Balaban J connectivity index is 1.59. The first-order valence-electron chi connectivity index (χ1n) is 10.2. The molecule has 1 aliphatic rings. The molecule has 3 heterocycles. The van der Waals surface area contributed by atoms with E-state index in [-0.39, 0.29) is 11.8 Å². The quantitative estimate of drug-likeness (QED) is 0.662. The second-order valence-electron chi connectivity index (χ2n) is 7.85. The van der Waals surface area contributed by atoms with Crippen molar-refractivity contribution >= 4 is 23.2 Å². The summed E-state index contributed by atoms with van der Waals surface area (Å²) < 4.78 is 1.62. The summed E-state index contributed by atoms with van der Waals surface area (Å²) in [5.74, 6) is -0.100. The Morgan fingerprint density at radius 3 is 2.80 bits per heavy atom. The average Bonchev–Trinajstić information content (AvgIpc) is 3.49. The third kappa shape index (κ3) is 4.03. The van der Waals surface area contributed by atoms with Crippen LogP contribution in [0.5, 0.6) is 0 Å². The number of hydrogen-bond donors (Lipinski definition) is 1. The second kappa shape index (κ2) is 8.44. The third-order valence-corrected chi connectivity index (χ3v) is 6.59. The van der Waals surface area contributed by atoms with E-state index >= 15 is 0 Å². The van der Waals surface area contributed by atoms with Crippen LogP contribution in [-0.4, -0.2) is 46.1 Å². The van der Waals surface area contributed by atoms with Crippen LogP contribution >= 0.6 is 11.3 Å². The lowest BCUT2D eigenvalue weighted by molar-refractivity contribution is -0.130. The van der Waals surface area contributed by atoms with Gasteiger partial charge in [0.1, 0.15) is 5.69 Å². The molecule has 0 saturated carbocycles. The molecule has 4 rings (SSSR count). The Hall–Kier alpha value is -2.93. The van der Waals surface area contributed by atoms with Crippen LogP contribution in [-0.2, 0) is 18.3 Å². The topological polar surface area (TPSA) is 67.2 Å². The normalized spacial score (nSPS) is 18.5. The van der Waals surface area contributed by atoms with E-state index < -0.39 is 5.41 Å². The lowest BCUT2D eigenvalue weighted by atomic mass is 9.79. The fourth-order valence-corrected chi connectivity index (χ4v) is 4.89. The summed E-state index contributed by atoms with van der Waals surface area (Å²) in [6.07, 6.45) is 3.00. The van der Waals surface area contributed by atoms with Gasteiger partial charge in [-0.25, -0.2) is 0 Å². The number of rotatable bonds is 6. The molecule has 2 aromatic heterocycles. The van der Waals surface area contributed by atoms with Crippen LogP contribution in [0.15, 0.2) is 54.0 Å². The number of carbonyl (C=O) groups is 2. The fraction of sp³-hybridized carbons (Fsp3) is 0.348. The minimum atomic E-state index is -0.630. The number of nitrogens with zero attached hydrogens (tertiary/aromatic N) is 3. The number of benzene rings is 1. The first-order valence-corrected chi connectivity index (χ1v) is 11.1. The molecule has 0 radical (unpaired) electrons. The molecule has 7 heteroatoms. The van der Waals surface area contributed by atoms with E-state index in [2.05, 4.69) is 40.1 Å². The van der Waals surface area contributed by atoms with Crippen molar-refractivity contribution in [2.45, 2.75) is 19.8 Å². The monoisotopic (exact) mass is 422 g/mol. The van der Waals surface area contributed by atoms with E-state index in [9.17, 15) is 9.59 Å². The molecule has 0 spiro atoms. The van der Waals surface area contributed by atoms with Gasteiger partial charge in [0.15, 0.2) is 0 Å². The number of amides is 2. The van der Waals surface area contributed by atoms with Gasteiger partial charge in [-0.3, -0.25) is 14.3 Å². The highest BCUT2D eigenvalue weighted by Gasteiger charge is 2.46. The van der Waals surface area contributed by atoms with Gasteiger partial charge in [-0.05, 0) is 48.4 Å². The van der Waals surface area contributed by atoms with Crippen molar-refractivity contribution in [1.82, 2.24) is 20.0 Å². The average molecular weight is 423 g/mol. The van der Waals surface area contributed by atoms with E-state index in [0.717, 1.165) is 11.1 Å². The molecular formula is C23H26N4O2S. The van der Waals surface area contributed by atoms with Crippen LogP contribution in [0.3, 0.4) is 0 Å². The Morgan fingerprint density at radius 1 is 1.23 bits per heavy atom. The van der Waals surface area contributed by atoms with Gasteiger partial charge in [0, 0.05) is 37.8 Å². The van der Waals surface area contributed by atoms with Crippen LogP contribution < -0.4 is 5.32 Å². The van der Waals surface area contributed by atoms with Gasteiger partial charge in [0.2, 0.25) is 5.91 Å². The maximum atomic E-state index is 13.1. The number of nitrogens with one attached hydrogen (secondary N) is 1. The molecule has 1 aromatic carbocycles. The molecule has 6 nitrogen and oxygen atoms in total. The first-order chi connectivity index (χ1) is 14.5. The Bertz CT molecular complexity index is 1040. The molecule has 0 aliphatic carbocycles. The predicted molar refractivity (Wildman–Crippen MR) is 118 cm³/mol. The van der Waals surface area contributed by atoms with Gasteiger partial charge < -0.3 is 10.2 Å². The molecule has 156 valence electrons. The van der Waals surface area contributed by atoms with Crippen molar-refractivity contribution in [3.05, 3.63) is 65.3 Å². The first kappa shape index (κ1) is 20.3. The Kier molecular flexibility index (Phi) is 5.72. The van der Waals surface area contributed by atoms with Crippen molar-refractivity contribution in [2.75, 3.05) is 19.6 Å². The lowest BCUT2D eigenvalue weighted by Crippen LogP contribution is -2.45. The van der Waals surface area contributed by atoms with Gasteiger partial charge in [0.05, 0.1) is 5.41 Å². The van der Waals surface area contributed by atoms with E-state index in [1.54, 1.807) is 40.2 Å². The van der Waals surface area contributed by atoms with E-state index in [1.807, 2.05) is 19.1 Å². The molecule has 1 saturated heterocycles. The summed E-state index contributed by atoms with van der Waals surface area (Å²) in [6.45, 7) is 3.45. The molecule has 0 unspecified atom stereocenters. The summed E-state index contributed by atoms with van der Waals surface area (Å²) in [4.78, 5) is 29.0. The number of hydrogen-bond acceptors (Lipinski definition) is 4. The molecular weight excluding hydrogens is 396 g/mol. The lowest BCUT2D eigenvalue weighted by Gasteiger charge is -2.28. The molecule has 0 bridgehead atoms. The van der Waals surface area contributed by atoms with Crippen LogP contribution in [0.1, 0.15) is 29.4 Å². The molecule has 30 heavy (non-hydrogen) atoms. The molecule has 1 fully saturated rings. The van der Waals surface area contributed by atoms with Crippen LogP contribution in [0.25, 0.3) is 10.4 Å². The molecule has 2 amide bonds. The van der Waals surface area contributed by atoms with E-state index in [0.29, 0.717) is 38.2 Å². The Morgan fingerprint density at radius 2 is 2.10 bits per heavy atom. The summed E-state index contributed by atoms with van der Waals surface area (Å²) in [6, 6.07) is 14.2. The zero-order chi connectivity index (χ0) is 21.1. The number of carbonyl (C=O) groups excluding carboxylic acids is 2. The summed E-state index contributed by atoms with van der Waals surface area (Å²) in [5, 5.41) is 9.30. The number of aryl methyl sites for hydroxylation is 1. The van der Waals surface area contributed by atoms with Gasteiger partial charge in [0.25, 0.3) is 5.91 Å². The zero-order valence-corrected chi connectivity index (χ0v) is 18.1. The van der Waals surface area contributed by atoms with Gasteiger partial charge in [-0.15, -0.1) is 11.3 Å². The molecule has 1 atom stereocenters. The maximum absolute atomic E-state index is 13.1. The van der Waals surface area contributed by atoms with Gasteiger partial charge in [-0.2, -0.15) is 5.10 Å². The summed E-state index contributed by atoms with van der Waals surface area (Å²) in [7, 11) is 1.79. The largest absolute Gasteiger partial charge is 0.356 e. The fourth-order valence-electron chi connectivity index (χ4n) is 4.16. The minimum Gasteiger partial charge on any atom is -0.356 e. The Labute approximate surface area is 180 Å². The van der Waals surface area contributed by atoms with Crippen molar-refractivity contribution in [1.29, 1.82) is 0 Å². The smallest absolute Gasteiger partial charge is 0.274 e. The van der Waals surface area contributed by atoms with E-state index in [1.165, 1.54) is 4.88 Å². The van der Waals surface area contributed by atoms with Crippen molar-refractivity contribution in [3.63, 3.8) is 0 Å². The van der Waals surface area contributed by atoms with Crippen LogP contribution in [0.2, 0.25) is 0 Å². The second-order valence-corrected chi connectivity index (χ2v) is 8.79. The van der Waals surface area contributed by atoms with Crippen molar-refractivity contribution in [3.8, 4) is 10.4 Å². The highest BCUT2D eigenvalue weighted by atomic mass is 32.1. The highest BCUT2D eigenvalue weighted by Crippen LogP contribution is 2.36. The maximum Gasteiger partial charge on any atom is 0.274 e. The van der Waals surface area contributed by atoms with Gasteiger partial charge in [-0.1, -0.05) is 30.3 Å². The molecule has 3 aromatic rings.